The molecular weight excluding hydrogens is 341 g/mol. The number of anilines is 1. The number of nitrogens with one attached hydrogen (secondary N) is 1. The first-order chi connectivity index (χ1) is 9.87. The van der Waals surface area contributed by atoms with Gasteiger partial charge in [0.05, 0.1) is 0 Å². The molecule has 0 saturated heterocycles. The van der Waals surface area contributed by atoms with Gasteiger partial charge in [-0.3, -0.25) is 10.3 Å². The third-order valence-electron chi connectivity index (χ3n) is 2.44. The molecule has 6 nitrogen and oxygen atoms in total. The summed E-state index contributed by atoms with van der Waals surface area (Å²) in [5.74, 6) is 0.156. The van der Waals surface area contributed by atoms with E-state index < -0.39 is 9.89 Å². The van der Waals surface area contributed by atoms with Crippen LogP contribution in [0, 0.1) is 6.92 Å². The maximum absolute atomic E-state index is 11.5. The van der Waals surface area contributed by atoms with Crippen LogP contribution in [-0.2, 0) is 4.74 Å². The minimum Gasteiger partial charge on any atom is -0.445 e. The lowest BCUT2D eigenvalue weighted by molar-refractivity contribution is 0.163. The second kappa shape index (κ2) is 6.51. The molecule has 0 atom stereocenters. The third-order valence-corrected chi connectivity index (χ3v) is 2.77. The van der Waals surface area contributed by atoms with E-state index in [2.05, 4.69) is 15.5 Å². The Labute approximate surface area is 135 Å². The molecule has 0 fully saturated rings. The molecule has 0 aromatic carbocycles. The van der Waals surface area contributed by atoms with Gasteiger partial charge in [-0.2, -0.15) is 0 Å². The first-order valence-electron chi connectivity index (χ1n) is 5.74. The first-order valence-corrected chi connectivity index (χ1v) is 6.87. The number of carbonyl (C=O) groups excluding carboxylic acids is 1. The van der Waals surface area contributed by atoms with Gasteiger partial charge in [-0.1, -0.05) is 40.0 Å². The molecule has 0 saturated carbocycles. The molecule has 2 aromatic rings. The van der Waals surface area contributed by atoms with Crippen LogP contribution < -0.4 is 5.32 Å². The second-order valence-corrected chi connectivity index (χ2v) is 6.56. The fourth-order valence-electron chi connectivity index (χ4n) is 1.50. The molecule has 0 radical (unpaired) electrons. The monoisotopic (exact) mass is 349 g/mol. The van der Waals surface area contributed by atoms with Gasteiger partial charge in [0.1, 0.15) is 12.3 Å². The van der Waals surface area contributed by atoms with E-state index in [0.717, 1.165) is 5.56 Å². The standard InChI is InChI=1S/C12H10Cl3N3O3/c1-7-9(8-3-2-4-16-5-8)18-21-10(7)17-11(19)20-6-12(13,14)15/h2-5H,6H2,1H3,(H,17,19). The Morgan fingerprint density at radius 2 is 2.24 bits per heavy atom. The fraction of sp³-hybridized carbons (Fsp3) is 0.250. The van der Waals surface area contributed by atoms with Gasteiger partial charge in [-0.25, -0.2) is 4.79 Å². The highest BCUT2D eigenvalue weighted by Crippen LogP contribution is 2.28. The number of aromatic nitrogens is 2. The van der Waals surface area contributed by atoms with Crippen LogP contribution in [0.5, 0.6) is 0 Å². The summed E-state index contributed by atoms with van der Waals surface area (Å²) in [6.45, 7) is 1.36. The minimum absolute atomic E-state index is 0.156. The van der Waals surface area contributed by atoms with Crippen molar-refractivity contribution < 1.29 is 14.1 Å². The van der Waals surface area contributed by atoms with E-state index in [1.165, 1.54) is 0 Å². The van der Waals surface area contributed by atoms with Gasteiger partial charge in [-0.05, 0) is 19.1 Å². The van der Waals surface area contributed by atoms with Gasteiger partial charge in [0.25, 0.3) is 0 Å². The van der Waals surface area contributed by atoms with Crippen molar-refractivity contribution in [2.45, 2.75) is 10.7 Å². The molecule has 1 N–H and O–H groups in total. The molecule has 9 heteroatoms. The van der Waals surface area contributed by atoms with Gasteiger partial charge in [0.2, 0.25) is 9.68 Å². The number of hydrogen-bond acceptors (Lipinski definition) is 5. The number of nitrogens with zero attached hydrogens (tertiary/aromatic N) is 2. The summed E-state index contributed by atoms with van der Waals surface area (Å²) >= 11 is 16.4. The van der Waals surface area contributed by atoms with E-state index in [-0.39, 0.29) is 12.5 Å². The highest BCUT2D eigenvalue weighted by atomic mass is 35.6. The average Bonchev–Trinajstić information content (AvgIpc) is 2.78. The van der Waals surface area contributed by atoms with Crippen LogP contribution in [0.25, 0.3) is 11.3 Å². The first kappa shape index (κ1) is 15.9. The molecule has 2 aromatic heterocycles. The van der Waals surface area contributed by atoms with Crippen molar-refractivity contribution in [3.63, 3.8) is 0 Å². The molecule has 0 bridgehead atoms. The van der Waals surface area contributed by atoms with Crippen LogP contribution in [0.4, 0.5) is 10.7 Å². The van der Waals surface area contributed by atoms with E-state index in [4.69, 9.17) is 44.1 Å². The van der Waals surface area contributed by atoms with Crippen LogP contribution in [0.2, 0.25) is 0 Å². The minimum atomic E-state index is -1.67. The Morgan fingerprint density at radius 1 is 1.48 bits per heavy atom. The number of carbonyl (C=O) groups is 1. The zero-order valence-electron chi connectivity index (χ0n) is 10.8. The van der Waals surface area contributed by atoms with E-state index in [1.54, 1.807) is 25.4 Å². The van der Waals surface area contributed by atoms with E-state index in [1.807, 2.05) is 6.07 Å². The van der Waals surface area contributed by atoms with Gasteiger partial charge >= 0.3 is 6.09 Å². The molecule has 0 aliphatic heterocycles. The Morgan fingerprint density at radius 3 is 2.86 bits per heavy atom. The lowest BCUT2D eigenvalue weighted by Gasteiger charge is -2.11. The zero-order valence-corrected chi connectivity index (χ0v) is 13.0. The lowest BCUT2D eigenvalue weighted by atomic mass is 10.1. The molecule has 0 aliphatic carbocycles. The van der Waals surface area contributed by atoms with Crippen molar-refractivity contribution in [2.24, 2.45) is 0 Å². The van der Waals surface area contributed by atoms with Gasteiger partial charge in [0.15, 0.2) is 0 Å². The fourth-order valence-corrected chi connectivity index (χ4v) is 1.66. The Kier molecular flexibility index (Phi) is 4.92. The number of rotatable bonds is 3. The van der Waals surface area contributed by atoms with Crippen LogP contribution in [0.1, 0.15) is 5.56 Å². The van der Waals surface area contributed by atoms with Crippen LogP contribution in [-0.4, -0.2) is 26.6 Å². The molecule has 0 aliphatic rings. The molecule has 2 heterocycles. The van der Waals surface area contributed by atoms with Crippen LogP contribution >= 0.6 is 34.8 Å². The number of halogens is 3. The third kappa shape index (κ3) is 4.49. The molecule has 1 amide bonds. The van der Waals surface area contributed by atoms with Crippen LogP contribution in [0.15, 0.2) is 29.0 Å². The van der Waals surface area contributed by atoms with Gasteiger partial charge in [0, 0.05) is 23.5 Å². The van der Waals surface area contributed by atoms with E-state index >= 15 is 0 Å². The normalized spacial score (nSPS) is 11.2. The maximum atomic E-state index is 11.5. The summed E-state index contributed by atoms with van der Waals surface area (Å²) < 4.78 is 8.13. The lowest BCUT2D eigenvalue weighted by Crippen LogP contribution is -2.21. The van der Waals surface area contributed by atoms with Crippen LogP contribution in [0.3, 0.4) is 0 Å². The number of pyridine rings is 1. The quantitative estimate of drug-likeness (QED) is 0.848. The predicted octanol–water partition coefficient (Wildman–Crippen LogP) is 3.96. The summed E-state index contributed by atoms with van der Waals surface area (Å²) in [6.07, 6.45) is 2.47. The highest BCUT2D eigenvalue weighted by Gasteiger charge is 2.23. The van der Waals surface area contributed by atoms with E-state index in [9.17, 15) is 4.79 Å². The van der Waals surface area contributed by atoms with Crippen molar-refractivity contribution in [3.8, 4) is 11.3 Å². The maximum Gasteiger partial charge on any atom is 0.414 e. The average molecular weight is 351 g/mol. The largest absolute Gasteiger partial charge is 0.445 e. The van der Waals surface area contributed by atoms with Crippen molar-refractivity contribution in [1.82, 2.24) is 10.1 Å². The molecule has 112 valence electrons. The number of amides is 1. The Hall–Kier alpha value is -1.50. The highest BCUT2D eigenvalue weighted by molar-refractivity contribution is 6.67. The molecule has 21 heavy (non-hydrogen) atoms. The summed E-state index contributed by atoms with van der Waals surface area (Å²) in [7, 11) is 0. The molecule has 0 spiro atoms. The topological polar surface area (TPSA) is 77.3 Å². The number of ether oxygens (including phenoxy) is 1. The SMILES string of the molecule is Cc1c(-c2cccnc2)noc1NC(=O)OCC(Cl)(Cl)Cl. The number of hydrogen-bond donors (Lipinski definition) is 1. The predicted molar refractivity (Wildman–Crippen MR) is 79.7 cm³/mol. The van der Waals surface area contributed by atoms with Gasteiger partial charge < -0.3 is 9.26 Å². The second-order valence-electron chi connectivity index (χ2n) is 4.04. The number of alkyl halides is 3. The molecule has 0 unspecified atom stereocenters. The zero-order chi connectivity index (χ0) is 15.5. The van der Waals surface area contributed by atoms with Crippen molar-refractivity contribution in [3.05, 3.63) is 30.1 Å². The molecule has 2 rings (SSSR count). The summed E-state index contributed by atoms with van der Waals surface area (Å²) in [5, 5.41) is 6.27. The van der Waals surface area contributed by atoms with E-state index in [0.29, 0.717) is 11.3 Å². The van der Waals surface area contributed by atoms with Crippen molar-refractivity contribution >= 4 is 46.8 Å². The Bertz CT molecular complexity index is 626. The summed E-state index contributed by atoms with van der Waals surface area (Å²) in [5.41, 5.74) is 1.97. The van der Waals surface area contributed by atoms with Gasteiger partial charge in [-0.15, -0.1) is 0 Å². The summed E-state index contributed by atoms with van der Waals surface area (Å²) in [6, 6.07) is 3.59. The summed E-state index contributed by atoms with van der Waals surface area (Å²) in [4.78, 5) is 15.5. The smallest absolute Gasteiger partial charge is 0.414 e. The van der Waals surface area contributed by atoms with Crippen molar-refractivity contribution in [2.75, 3.05) is 11.9 Å². The van der Waals surface area contributed by atoms with Crippen molar-refractivity contribution in [1.29, 1.82) is 0 Å². The molecular formula is C12H10Cl3N3O3. The Balaban J connectivity index is 2.06.